The zero-order valence-corrected chi connectivity index (χ0v) is 21.6. The summed E-state index contributed by atoms with van der Waals surface area (Å²) < 4.78 is 5.59. The van der Waals surface area contributed by atoms with Gasteiger partial charge in [0.05, 0.1) is 0 Å². The van der Waals surface area contributed by atoms with Gasteiger partial charge in [-0.1, -0.05) is 77.0 Å². The molecule has 4 aliphatic carbocycles. The molecule has 3 fully saturated rings. The minimum absolute atomic E-state index is 0.0763. The monoisotopic (exact) mass is 438 g/mol. The second kappa shape index (κ2) is 8.80. The molecule has 32 heavy (non-hydrogen) atoms. The molecule has 2 nitrogen and oxygen atoms in total. The molecule has 0 unspecified atom stereocenters. The number of rotatable bonds is 5. The Morgan fingerprint density at radius 1 is 1.00 bits per heavy atom. The van der Waals surface area contributed by atoms with E-state index in [-0.39, 0.29) is 17.5 Å². The van der Waals surface area contributed by atoms with Gasteiger partial charge >= 0.3 is 5.97 Å². The molecular formula is C30H46O2. The van der Waals surface area contributed by atoms with Crippen LogP contribution < -0.4 is 0 Å². The minimum Gasteiger partial charge on any atom is -0.462 e. The molecular weight excluding hydrogens is 392 g/mol. The van der Waals surface area contributed by atoms with E-state index in [1.54, 1.807) is 12.5 Å². The number of hydrogen-bond acceptors (Lipinski definition) is 2. The van der Waals surface area contributed by atoms with Crippen molar-refractivity contribution in [2.24, 2.45) is 46.3 Å². The van der Waals surface area contributed by atoms with E-state index in [4.69, 9.17) is 4.74 Å². The van der Waals surface area contributed by atoms with Crippen molar-refractivity contribution in [2.75, 3.05) is 0 Å². The van der Waals surface area contributed by atoms with Crippen molar-refractivity contribution >= 4 is 5.97 Å². The van der Waals surface area contributed by atoms with Crippen molar-refractivity contribution in [1.29, 1.82) is 0 Å². The Bertz CT molecular complexity index is 817. The Labute approximate surface area is 197 Å². The van der Waals surface area contributed by atoms with E-state index in [1.807, 2.05) is 0 Å². The molecule has 4 aliphatic rings. The molecule has 3 saturated carbocycles. The topological polar surface area (TPSA) is 26.3 Å². The van der Waals surface area contributed by atoms with E-state index in [0.29, 0.717) is 29.1 Å². The van der Waals surface area contributed by atoms with Gasteiger partial charge in [0.1, 0.15) is 6.10 Å². The van der Waals surface area contributed by atoms with Crippen LogP contribution in [0.2, 0.25) is 0 Å². The van der Waals surface area contributed by atoms with E-state index in [9.17, 15) is 4.79 Å². The smallest absolute Gasteiger partial charge is 0.302 e. The quantitative estimate of drug-likeness (QED) is 0.322. The summed E-state index contributed by atoms with van der Waals surface area (Å²) in [5, 5.41) is 0. The fourth-order valence-corrected chi connectivity index (χ4v) is 7.92. The van der Waals surface area contributed by atoms with E-state index in [0.717, 1.165) is 31.1 Å². The highest BCUT2D eigenvalue weighted by Crippen LogP contribution is 2.66. The lowest BCUT2D eigenvalue weighted by Crippen LogP contribution is -2.46. The van der Waals surface area contributed by atoms with Crippen LogP contribution in [0.4, 0.5) is 0 Å². The first-order valence-electron chi connectivity index (χ1n) is 13.3. The Kier molecular flexibility index (Phi) is 6.56. The minimum atomic E-state index is -0.136. The average Bonchev–Trinajstić information content (AvgIpc) is 3.08. The maximum absolute atomic E-state index is 11.5. The molecule has 0 aliphatic heterocycles. The van der Waals surface area contributed by atoms with Gasteiger partial charge in [0.2, 0.25) is 0 Å². The fourth-order valence-electron chi connectivity index (χ4n) is 7.92. The molecule has 0 N–H and O–H groups in total. The molecule has 0 heterocycles. The summed E-state index contributed by atoms with van der Waals surface area (Å²) in [5.41, 5.74) is 3.98. The van der Waals surface area contributed by atoms with Crippen LogP contribution in [0.1, 0.15) is 93.4 Å². The van der Waals surface area contributed by atoms with E-state index < -0.39 is 0 Å². The largest absolute Gasteiger partial charge is 0.462 e. The Balaban J connectivity index is 1.54. The molecule has 0 aromatic rings. The summed E-state index contributed by atoms with van der Waals surface area (Å²) >= 11 is 0. The SMILES string of the molecule is CC(=O)O[C@H]1CC[C@@]2(C)C(=CC=C3[C@@H]4CC[C@H]([C@H](C)/C=C/[C@@H](C)C(C)C)[C@@]4(C)CC[C@@H]32)C1. The van der Waals surface area contributed by atoms with Crippen molar-refractivity contribution in [3.8, 4) is 0 Å². The van der Waals surface area contributed by atoms with Crippen LogP contribution in [0.5, 0.6) is 0 Å². The predicted octanol–water partition coefficient (Wildman–Crippen LogP) is 7.90. The molecule has 0 amide bonds. The van der Waals surface area contributed by atoms with Crippen molar-refractivity contribution in [1.82, 2.24) is 0 Å². The van der Waals surface area contributed by atoms with Gasteiger partial charge in [0, 0.05) is 13.3 Å². The Morgan fingerprint density at radius 3 is 2.44 bits per heavy atom. The summed E-state index contributed by atoms with van der Waals surface area (Å²) in [6.07, 6.45) is 18.5. The van der Waals surface area contributed by atoms with Crippen LogP contribution in [-0.2, 0) is 9.53 Å². The highest BCUT2D eigenvalue weighted by atomic mass is 16.5. The number of hydrogen-bond donors (Lipinski definition) is 0. The Hall–Kier alpha value is -1.31. The van der Waals surface area contributed by atoms with Gasteiger partial charge in [0.15, 0.2) is 0 Å². The second-order valence-electron chi connectivity index (χ2n) is 12.4. The summed E-state index contributed by atoms with van der Waals surface area (Å²) in [6, 6.07) is 0. The molecule has 0 aromatic heterocycles. The third-order valence-electron chi connectivity index (χ3n) is 10.3. The molecule has 2 heteroatoms. The third kappa shape index (κ3) is 4.05. The molecule has 0 radical (unpaired) electrons. The number of carbonyl (C=O) groups is 1. The molecule has 0 bridgehead atoms. The summed E-state index contributed by atoms with van der Waals surface area (Å²) in [7, 11) is 0. The zero-order chi connectivity index (χ0) is 23.3. The predicted molar refractivity (Wildman–Crippen MR) is 133 cm³/mol. The molecule has 0 spiro atoms. The highest BCUT2D eigenvalue weighted by molar-refractivity contribution is 5.66. The zero-order valence-electron chi connectivity index (χ0n) is 21.6. The van der Waals surface area contributed by atoms with Gasteiger partial charge in [-0.3, -0.25) is 4.79 Å². The second-order valence-corrected chi connectivity index (χ2v) is 12.4. The number of esters is 1. The van der Waals surface area contributed by atoms with Crippen LogP contribution in [0.15, 0.2) is 35.5 Å². The van der Waals surface area contributed by atoms with Gasteiger partial charge in [-0.2, -0.15) is 0 Å². The normalized spacial score (nSPS) is 40.8. The van der Waals surface area contributed by atoms with Crippen LogP contribution >= 0.6 is 0 Å². The lowest BCUT2D eigenvalue weighted by atomic mass is 9.50. The maximum Gasteiger partial charge on any atom is 0.302 e. The van der Waals surface area contributed by atoms with Gasteiger partial charge in [0.25, 0.3) is 0 Å². The number of carbonyl (C=O) groups excluding carboxylic acids is 1. The molecule has 0 saturated heterocycles. The van der Waals surface area contributed by atoms with E-state index in [2.05, 4.69) is 65.8 Å². The first kappa shape index (κ1) is 23.8. The third-order valence-corrected chi connectivity index (χ3v) is 10.3. The number of fused-ring (bicyclic) bond motifs is 5. The fraction of sp³-hybridized carbons (Fsp3) is 0.767. The van der Waals surface area contributed by atoms with Crippen LogP contribution in [0.25, 0.3) is 0 Å². The molecule has 178 valence electrons. The maximum atomic E-state index is 11.5. The molecule has 4 rings (SSSR count). The van der Waals surface area contributed by atoms with E-state index in [1.165, 1.54) is 31.3 Å². The number of ether oxygens (including phenoxy) is 1. The van der Waals surface area contributed by atoms with Crippen molar-refractivity contribution in [2.45, 2.75) is 99.5 Å². The van der Waals surface area contributed by atoms with Gasteiger partial charge < -0.3 is 4.74 Å². The number of allylic oxidation sites excluding steroid dienone is 5. The molecule has 0 aromatic carbocycles. The average molecular weight is 439 g/mol. The lowest BCUT2D eigenvalue weighted by Gasteiger charge is -2.55. The lowest BCUT2D eigenvalue weighted by molar-refractivity contribution is -0.148. The highest BCUT2D eigenvalue weighted by Gasteiger charge is 2.56. The van der Waals surface area contributed by atoms with Crippen molar-refractivity contribution < 1.29 is 9.53 Å². The van der Waals surface area contributed by atoms with Crippen molar-refractivity contribution in [3.05, 3.63) is 35.5 Å². The standard InChI is InChI=1S/C30H46O2/c1-19(2)20(3)8-9-21(4)26-12-13-27-25-11-10-23-18-24(32-22(5)31)14-16-29(23,6)28(25)15-17-30(26,27)7/h8-11,19-21,24,26-28H,12-18H2,1-7H3/b9-8+/t20-,21-,24+,26-,27+,28+,29+,30-/m1/s1. The first-order chi connectivity index (χ1) is 15.1. The van der Waals surface area contributed by atoms with Crippen LogP contribution in [-0.4, -0.2) is 12.1 Å². The summed E-state index contributed by atoms with van der Waals surface area (Å²) in [4.78, 5) is 11.5. The van der Waals surface area contributed by atoms with Crippen LogP contribution in [0, 0.1) is 46.3 Å². The van der Waals surface area contributed by atoms with Gasteiger partial charge in [-0.15, -0.1) is 0 Å². The van der Waals surface area contributed by atoms with E-state index >= 15 is 0 Å². The Morgan fingerprint density at radius 2 is 1.75 bits per heavy atom. The van der Waals surface area contributed by atoms with Gasteiger partial charge in [-0.05, 0) is 84.9 Å². The summed E-state index contributed by atoms with van der Waals surface area (Å²) in [6.45, 7) is 16.1. The summed E-state index contributed by atoms with van der Waals surface area (Å²) in [5.74, 6) is 4.11. The van der Waals surface area contributed by atoms with Crippen molar-refractivity contribution in [3.63, 3.8) is 0 Å². The van der Waals surface area contributed by atoms with Crippen LogP contribution in [0.3, 0.4) is 0 Å². The first-order valence-corrected chi connectivity index (χ1v) is 13.3. The molecule has 8 atom stereocenters. The van der Waals surface area contributed by atoms with Gasteiger partial charge in [-0.25, -0.2) is 0 Å².